The van der Waals surface area contributed by atoms with Crippen molar-refractivity contribution < 1.29 is 14.4 Å². The Morgan fingerprint density at radius 1 is 0.921 bits per heavy atom. The van der Waals surface area contributed by atoms with E-state index in [4.69, 9.17) is 5.73 Å². The Labute approximate surface area is 217 Å². The SMILES string of the molecule is CCC(=O)Nc1cccc2c1C(=O)c1cccc(N=Nc3c(N)nc(-c4ccccn4)nc3NC)c1C2=O. The molecular formula is C27H22N8O3. The molecule has 1 aliphatic carbocycles. The number of anilines is 3. The number of carbonyl (C=O) groups excluding carboxylic acids is 3. The van der Waals surface area contributed by atoms with Gasteiger partial charge in [-0.05, 0) is 24.3 Å². The van der Waals surface area contributed by atoms with Crippen LogP contribution in [-0.2, 0) is 4.79 Å². The van der Waals surface area contributed by atoms with E-state index in [2.05, 4.69) is 35.8 Å². The first-order chi connectivity index (χ1) is 18.4. The lowest BCUT2D eigenvalue weighted by atomic mass is 9.82. The lowest BCUT2D eigenvalue weighted by Gasteiger charge is -2.21. The highest BCUT2D eigenvalue weighted by molar-refractivity contribution is 6.32. The van der Waals surface area contributed by atoms with Crippen LogP contribution >= 0.6 is 0 Å². The van der Waals surface area contributed by atoms with Crippen LogP contribution in [-0.4, -0.2) is 39.5 Å². The van der Waals surface area contributed by atoms with Crippen molar-refractivity contribution in [2.75, 3.05) is 23.4 Å². The molecule has 2 aromatic heterocycles. The molecule has 0 aliphatic heterocycles. The average Bonchev–Trinajstić information content (AvgIpc) is 2.95. The van der Waals surface area contributed by atoms with E-state index in [-0.39, 0.29) is 51.8 Å². The number of azo groups is 1. The Kier molecular flexibility index (Phi) is 6.40. The van der Waals surface area contributed by atoms with Crippen molar-refractivity contribution >= 4 is 46.2 Å². The molecular weight excluding hydrogens is 484 g/mol. The maximum absolute atomic E-state index is 13.5. The van der Waals surface area contributed by atoms with Gasteiger partial charge in [-0.15, -0.1) is 10.2 Å². The summed E-state index contributed by atoms with van der Waals surface area (Å²) in [6, 6.07) is 14.9. The molecule has 38 heavy (non-hydrogen) atoms. The Hall–Kier alpha value is -5.32. The summed E-state index contributed by atoms with van der Waals surface area (Å²) in [5.41, 5.74) is 7.99. The standard InChI is InChI=1S/C27H22N8O3/c1-3-19(36)31-16-11-6-8-14-20(16)23(37)15-9-7-12-17(21(15)24(14)38)34-35-22-25(28)32-26(33-27(22)29-2)18-10-4-5-13-30-18/h4-13H,3H2,1-2H3,(H,31,36)(H3,28,29,32,33). The van der Waals surface area contributed by atoms with E-state index in [1.165, 1.54) is 0 Å². The summed E-state index contributed by atoms with van der Waals surface area (Å²) < 4.78 is 0. The van der Waals surface area contributed by atoms with E-state index in [9.17, 15) is 14.4 Å². The molecule has 0 bridgehead atoms. The number of nitrogens with two attached hydrogens (primary N) is 1. The molecule has 0 saturated heterocycles. The van der Waals surface area contributed by atoms with Crippen molar-refractivity contribution in [2.45, 2.75) is 13.3 Å². The van der Waals surface area contributed by atoms with Gasteiger partial charge in [-0.2, -0.15) is 0 Å². The van der Waals surface area contributed by atoms with E-state index < -0.39 is 11.6 Å². The summed E-state index contributed by atoms with van der Waals surface area (Å²) in [6.07, 6.45) is 1.86. The van der Waals surface area contributed by atoms with E-state index in [0.717, 1.165) is 0 Å². The summed E-state index contributed by atoms with van der Waals surface area (Å²) in [5.74, 6) is -0.371. The van der Waals surface area contributed by atoms with Crippen LogP contribution < -0.4 is 16.4 Å². The molecule has 2 heterocycles. The largest absolute Gasteiger partial charge is 0.382 e. The first kappa shape index (κ1) is 24.4. The minimum Gasteiger partial charge on any atom is -0.382 e. The van der Waals surface area contributed by atoms with Crippen LogP contribution in [0.2, 0.25) is 0 Å². The molecule has 5 rings (SSSR count). The summed E-state index contributed by atoms with van der Waals surface area (Å²) in [7, 11) is 1.65. The van der Waals surface area contributed by atoms with E-state index in [1.807, 2.05) is 6.07 Å². The minimum absolute atomic E-state index is 0.0580. The number of carbonyl (C=O) groups is 3. The lowest BCUT2D eigenvalue weighted by molar-refractivity contribution is -0.115. The quantitative estimate of drug-likeness (QED) is 0.279. The van der Waals surface area contributed by atoms with E-state index in [1.54, 1.807) is 68.7 Å². The monoisotopic (exact) mass is 506 g/mol. The number of nitrogens with zero attached hydrogens (tertiary/aromatic N) is 5. The number of ketones is 2. The van der Waals surface area contributed by atoms with Crippen molar-refractivity contribution in [3.8, 4) is 11.5 Å². The summed E-state index contributed by atoms with van der Waals surface area (Å²) in [4.78, 5) is 52.0. The van der Waals surface area contributed by atoms with Gasteiger partial charge in [0.15, 0.2) is 34.7 Å². The molecule has 2 aromatic carbocycles. The smallest absolute Gasteiger partial charge is 0.224 e. The molecule has 0 spiro atoms. The van der Waals surface area contributed by atoms with Gasteiger partial charge in [-0.25, -0.2) is 9.97 Å². The fraction of sp³-hybridized carbons (Fsp3) is 0.111. The molecule has 11 nitrogen and oxygen atoms in total. The third-order valence-corrected chi connectivity index (χ3v) is 5.95. The number of hydrogen-bond donors (Lipinski definition) is 3. The molecule has 1 amide bonds. The number of benzene rings is 2. The molecule has 0 radical (unpaired) electrons. The summed E-state index contributed by atoms with van der Waals surface area (Å²) in [5, 5.41) is 14.2. The van der Waals surface area contributed by atoms with Crippen molar-refractivity contribution in [3.63, 3.8) is 0 Å². The maximum atomic E-state index is 13.5. The van der Waals surface area contributed by atoms with Gasteiger partial charge in [-0.1, -0.05) is 37.3 Å². The summed E-state index contributed by atoms with van der Waals surface area (Å²) >= 11 is 0. The second-order valence-corrected chi connectivity index (χ2v) is 8.28. The number of hydrogen-bond acceptors (Lipinski definition) is 10. The number of fused-ring (bicyclic) bond motifs is 2. The molecule has 0 atom stereocenters. The zero-order valence-electron chi connectivity index (χ0n) is 20.5. The Balaban J connectivity index is 1.56. The lowest BCUT2D eigenvalue weighted by Crippen LogP contribution is -2.23. The number of nitrogens with one attached hydrogen (secondary N) is 2. The van der Waals surface area contributed by atoms with Gasteiger partial charge in [0, 0.05) is 30.8 Å². The number of rotatable bonds is 6. The average molecular weight is 507 g/mol. The van der Waals surface area contributed by atoms with Crippen LogP contribution in [0.4, 0.5) is 28.7 Å². The van der Waals surface area contributed by atoms with Gasteiger partial charge in [-0.3, -0.25) is 19.4 Å². The highest BCUT2D eigenvalue weighted by atomic mass is 16.2. The van der Waals surface area contributed by atoms with Crippen molar-refractivity contribution in [3.05, 3.63) is 83.0 Å². The summed E-state index contributed by atoms with van der Waals surface area (Å²) in [6.45, 7) is 1.70. The fourth-order valence-corrected chi connectivity index (χ4v) is 4.11. The molecule has 0 unspecified atom stereocenters. The van der Waals surface area contributed by atoms with Crippen LogP contribution in [0.1, 0.15) is 45.2 Å². The van der Waals surface area contributed by atoms with Crippen LogP contribution in [0, 0.1) is 0 Å². The second kappa shape index (κ2) is 9.97. The second-order valence-electron chi connectivity index (χ2n) is 8.28. The predicted molar refractivity (Wildman–Crippen MR) is 142 cm³/mol. The maximum Gasteiger partial charge on any atom is 0.224 e. The van der Waals surface area contributed by atoms with Crippen molar-refractivity contribution in [1.82, 2.24) is 15.0 Å². The number of nitrogen functional groups attached to an aromatic ring is 1. The fourth-order valence-electron chi connectivity index (χ4n) is 4.11. The first-order valence-corrected chi connectivity index (χ1v) is 11.8. The molecule has 11 heteroatoms. The van der Waals surface area contributed by atoms with Crippen molar-refractivity contribution in [1.29, 1.82) is 0 Å². The van der Waals surface area contributed by atoms with Crippen LogP contribution in [0.5, 0.6) is 0 Å². The molecule has 4 N–H and O–H groups in total. The molecule has 1 aliphatic rings. The predicted octanol–water partition coefficient (Wildman–Crippen LogP) is 4.70. The Morgan fingerprint density at radius 3 is 2.37 bits per heavy atom. The highest BCUT2D eigenvalue weighted by Gasteiger charge is 2.34. The van der Waals surface area contributed by atoms with Gasteiger partial charge < -0.3 is 16.4 Å². The van der Waals surface area contributed by atoms with Crippen LogP contribution in [0.3, 0.4) is 0 Å². The van der Waals surface area contributed by atoms with Gasteiger partial charge >= 0.3 is 0 Å². The van der Waals surface area contributed by atoms with Crippen LogP contribution in [0.25, 0.3) is 11.5 Å². The van der Waals surface area contributed by atoms with Crippen molar-refractivity contribution in [2.24, 2.45) is 10.2 Å². The Morgan fingerprint density at radius 2 is 1.66 bits per heavy atom. The Bertz CT molecular complexity index is 1630. The third kappa shape index (κ3) is 4.26. The molecule has 0 fully saturated rings. The number of pyridine rings is 1. The van der Waals surface area contributed by atoms with Gasteiger partial charge in [0.25, 0.3) is 0 Å². The number of amides is 1. The molecule has 0 saturated carbocycles. The first-order valence-electron chi connectivity index (χ1n) is 11.8. The topological polar surface area (TPSA) is 165 Å². The number of aromatic nitrogens is 3. The molecule has 188 valence electrons. The highest BCUT2D eigenvalue weighted by Crippen LogP contribution is 2.38. The van der Waals surface area contributed by atoms with Gasteiger partial charge in [0.05, 0.1) is 22.5 Å². The van der Waals surface area contributed by atoms with E-state index >= 15 is 0 Å². The van der Waals surface area contributed by atoms with E-state index in [0.29, 0.717) is 23.0 Å². The zero-order chi connectivity index (χ0) is 26.8. The van der Waals surface area contributed by atoms with Gasteiger partial charge in [0.1, 0.15) is 5.69 Å². The molecule has 4 aromatic rings. The third-order valence-electron chi connectivity index (χ3n) is 5.95. The van der Waals surface area contributed by atoms with Gasteiger partial charge in [0.2, 0.25) is 5.91 Å². The minimum atomic E-state index is -0.402. The normalized spacial score (nSPS) is 12.3. The zero-order valence-corrected chi connectivity index (χ0v) is 20.5. The van der Waals surface area contributed by atoms with Crippen LogP contribution in [0.15, 0.2) is 71.0 Å².